The summed E-state index contributed by atoms with van der Waals surface area (Å²) in [5.41, 5.74) is 0.574. The Morgan fingerprint density at radius 3 is 3.05 bits per heavy atom. The van der Waals surface area contributed by atoms with E-state index in [0.717, 1.165) is 19.6 Å². The van der Waals surface area contributed by atoms with Gasteiger partial charge in [-0.3, -0.25) is 10.1 Å². The van der Waals surface area contributed by atoms with Crippen LogP contribution in [0.25, 0.3) is 0 Å². The molecule has 1 aliphatic heterocycles. The number of hydrogen-bond donors (Lipinski definition) is 1. The quantitative estimate of drug-likeness (QED) is 0.632. The van der Waals surface area contributed by atoms with Gasteiger partial charge in [-0.2, -0.15) is 0 Å². The molecule has 104 valence electrons. The number of nitrogens with zero attached hydrogens (tertiary/aromatic N) is 1. The van der Waals surface area contributed by atoms with Crippen LogP contribution in [0.2, 0.25) is 0 Å². The van der Waals surface area contributed by atoms with Crippen molar-refractivity contribution in [2.45, 2.75) is 13.3 Å². The Morgan fingerprint density at radius 1 is 1.58 bits per heavy atom. The van der Waals surface area contributed by atoms with E-state index in [9.17, 15) is 10.1 Å². The van der Waals surface area contributed by atoms with Crippen LogP contribution < -0.4 is 10.1 Å². The van der Waals surface area contributed by atoms with E-state index in [1.807, 2.05) is 6.92 Å². The lowest BCUT2D eigenvalue weighted by molar-refractivity contribution is -0.384. The second kappa shape index (κ2) is 6.38. The topological polar surface area (TPSA) is 73.6 Å². The molecule has 0 spiro atoms. The van der Waals surface area contributed by atoms with Gasteiger partial charge >= 0.3 is 0 Å². The Kier molecular flexibility index (Phi) is 4.57. The Balaban J connectivity index is 2.07. The minimum Gasteiger partial charge on any atom is -0.494 e. The first kappa shape index (κ1) is 13.6. The lowest BCUT2D eigenvalue weighted by Gasteiger charge is -2.12. The first-order valence-electron chi connectivity index (χ1n) is 6.43. The molecule has 1 N–H and O–H groups in total. The third-order valence-corrected chi connectivity index (χ3v) is 3.08. The van der Waals surface area contributed by atoms with Crippen LogP contribution in [0.3, 0.4) is 0 Å². The van der Waals surface area contributed by atoms with Crippen LogP contribution in [0.4, 0.5) is 11.4 Å². The van der Waals surface area contributed by atoms with Gasteiger partial charge in [0, 0.05) is 19.1 Å². The van der Waals surface area contributed by atoms with Crippen molar-refractivity contribution >= 4 is 11.4 Å². The van der Waals surface area contributed by atoms with Crippen LogP contribution in [0.5, 0.6) is 5.75 Å². The van der Waals surface area contributed by atoms with E-state index in [1.165, 1.54) is 6.07 Å². The Morgan fingerprint density at radius 2 is 2.42 bits per heavy atom. The van der Waals surface area contributed by atoms with Crippen molar-refractivity contribution in [3.63, 3.8) is 0 Å². The van der Waals surface area contributed by atoms with Crippen LogP contribution >= 0.6 is 0 Å². The lowest BCUT2D eigenvalue weighted by Crippen LogP contribution is -2.14. The summed E-state index contributed by atoms with van der Waals surface area (Å²) in [5, 5.41) is 14.2. The van der Waals surface area contributed by atoms with E-state index in [0.29, 0.717) is 30.5 Å². The fraction of sp³-hybridized carbons (Fsp3) is 0.538. The Bertz CT molecular complexity index is 444. The predicted molar refractivity (Wildman–Crippen MR) is 71.7 cm³/mol. The first-order chi connectivity index (χ1) is 9.20. The molecule has 19 heavy (non-hydrogen) atoms. The van der Waals surface area contributed by atoms with Crippen molar-refractivity contribution in [2.24, 2.45) is 5.92 Å². The molecule has 1 unspecified atom stereocenters. The van der Waals surface area contributed by atoms with Gasteiger partial charge in [0.1, 0.15) is 11.4 Å². The summed E-state index contributed by atoms with van der Waals surface area (Å²) < 4.78 is 10.6. The van der Waals surface area contributed by atoms with Crippen LogP contribution in [0, 0.1) is 16.0 Å². The number of ether oxygens (including phenoxy) is 2. The highest BCUT2D eigenvalue weighted by atomic mass is 16.6. The van der Waals surface area contributed by atoms with Crippen molar-refractivity contribution in [3.8, 4) is 5.75 Å². The van der Waals surface area contributed by atoms with E-state index < -0.39 is 4.92 Å². The molecule has 0 radical (unpaired) electrons. The van der Waals surface area contributed by atoms with Crippen LogP contribution in [-0.4, -0.2) is 31.3 Å². The highest BCUT2D eigenvalue weighted by Crippen LogP contribution is 2.29. The summed E-state index contributed by atoms with van der Waals surface area (Å²) in [4.78, 5) is 10.7. The van der Waals surface area contributed by atoms with Crippen molar-refractivity contribution in [1.29, 1.82) is 0 Å². The molecule has 6 nitrogen and oxygen atoms in total. The Hall–Kier alpha value is -1.82. The summed E-state index contributed by atoms with van der Waals surface area (Å²) in [6, 6.07) is 4.89. The largest absolute Gasteiger partial charge is 0.494 e. The summed E-state index contributed by atoms with van der Waals surface area (Å²) in [5.74, 6) is 0.940. The summed E-state index contributed by atoms with van der Waals surface area (Å²) in [6.45, 7) is 4.52. The smallest absolute Gasteiger partial charge is 0.296 e. The lowest BCUT2D eigenvalue weighted by atomic mass is 10.1. The molecule has 0 saturated carbocycles. The Labute approximate surface area is 111 Å². The number of rotatable bonds is 6. The van der Waals surface area contributed by atoms with Gasteiger partial charge in [0.05, 0.1) is 24.2 Å². The normalized spacial score (nSPS) is 18.3. The maximum absolute atomic E-state index is 11.1. The zero-order valence-electron chi connectivity index (χ0n) is 10.9. The van der Waals surface area contributed by atoms with Gasteiger partial charge in [0.25, 0.3) is 5.69 Å². The molecule has 1 fully saturated rings. The van der Waals surface area contributed by atoms with E-state index in [1.54, 1.807) is 12.1 Å². The highest BCUT2D eigenvalue weighted by Gasteiger charge is 2.19. The van der Waals surface area contributed by atoms with Crippen LogP contribution in [0.1, 0.15) is 13.3 Å². The van der Waals surface area contributed by atoms with Gasteiger partial charge in [0.2, 0.25) is 0 Å². The monoisotopic (exact) mass is 266 g/mol. The fourth-order valence-electron chi connectivity index (χ4n) is 2.07. The van der Waals surface area contributed by atoms with Crippen molar-refractivity contribution in [2.75, 3.05) is 31.7 Å². The maximum atomic E-state index is 11.1. The average Bonchev–Trinajstić information content (AvgIpc) is 2.90. The zero-order chi connectivity index (χ0) is 13.7. The van der Waals surface area contributed by atoms with Crippen LogP contribution in [0.15, 0.2) is 18.2 Å². The standard InChI is InChI=1S/C13H18N2O4/c1-2-19-11-3-4-12(13(7-11)15(16)17)14-8-10-5-6-18-9-10/h3-4,7,10,14H,2,5-6,8-9H2,1H3. The zero-order valence-corrected chi connectivity index (χ0v) is 10.9. The fourth-order valence-corrected chi connectivity index (χ4v) is 2.07. The average molecular weight is 266 g/mol. The molecule has 6 heteroatoms. The van der Waals surface area contributed by atoms with Gasteiger partial charge in [0.15, 0.2) is 0 Å². The molecule has 1 aliphatic rings. The molecule has 0 amide bonds. The third kappa shape index (κ3) is 3.57. The van der Waals surface area contributed by atoms with E-state index in [4.69, 9.17) is 9.47 Å². The molecule has 1 aromatic carbocycles. The molecular formula is C13H18N2O4. The summed E-state index contributed by atoms with van der Waals surface area (Å²) in [6.07, 6.45) is 0.998. The number of benzene rings is 1. The van der Waals surface area contributed by atoms with E-state index in [-0.39, 0.29) is 5.69 Å². The van der Waals surface area contributed by atoms with Gasteiger partial charge in [-0.25, -0.2) is 0 Å². The van der Waals surface area contributed by atoms with Crippen molar-refractivity contribution in [1.82, 2.24) is 0 Å². The van der Waals surface area contributed by atoms with Gasteiger partial charge in [-0.1, -0.05) is 0 Å². The first-order valence-corrected chi connectivity index (χ1v) is 6.43. The number of nitro benzene ring substituents is 1. The van der Waals surface area contributed by atoms with E-state index >= 15 is 0 Å². The number of hydrogen-bond acceptors (Lipinski definition) is 5. The molecule has 1 heterocycles. The molecule has 0 aromatic heterocycles. The van der Waals surface area contributed by atoms with Crippen LogP contribution in [-0.2, 0) is 4.74 Å². The third-order valence-electron chi connectivity index (χ3n) is 3.08. The molecule has 0 aliphatic carbocycles. The number of anilines is 1. The molecular weight excluding hydrogens is 248 g/mol. The van der Waals surface area contributed by atoms with Gasteiger partial charge < -0.3 is 14.8 Å². The van der Waals surface area contributed by atoms with Crippen molar-refractivity contribution < 1.29 is 14.4 Å². The molecule has 1 atom stereocenters. The number of nitro groups is 1. The highest BCUT2D eigenvalue weighted by molar-refractivity contribution is 5.63. The maximum Gasteiger partial charge on any atom is 0.296 e. The molecule has 1 aromatic rings. The van der Waals surface area contributed by atoms with Gasteiger partial charge in [-0.05, 0) is 25.5 Å². The molecule has 1 saturated heterocycles. The second-order valence-corrected chi connectivity index (χ2v) is 4.48. The summed E-state index contributed by atoms with van der Waals surface area (Å²) >= 11 is 0. The van der Waals surface area contributed by atoms with Crippen molar-refractivity contribution in [3.05, 3.63) is 28.3 Å². The predicted octanol–water partition coefficient (Wildman–Crippen LogP) is 2.44. The van der Waals surface area contributed by atoms with Gasteiger partial charge in [-0.15, -0.1) is 0 Å². The minimum atomic E-state index is -0.393. The molecule has 2 rings (SSSR count). The molecule has 0 bridgehead atoms. The summed E-state index contributed by atoms with van der Waals surface area (Å²) in [7, 11) is 0. The van der Waals surface area contributed by atoms with E-state index in [2.05, 4.69) is 5.32 Å². The SMILES string of the molecule is CCOc1ccc(NCC2CCOC2)c([N+](=O)[O-])c1. The number of nitrogens with one attached hydrogen (secondary N) is 1. The minimum absolute atomic E-state index is 0.0462. The second-order valence-electron chi connectivity index (χ2n) is 4.48.